The van der Waals surface area contributed by atoms with E-state index in [4.69, 9.17) is 0 Å². The molecule has 0 nitrogen and oxygen atoms in total. The highest BCUT2D eigenvalue weighted by molar-refractivity contribution is 9.09. The summed E-state index contributed by atoms with van der Waals surface area (Å²) in [6, 6.07) is 23.8. The summed E-state index contributed by atoms with van der Waals surface area (Å²) >= 11 is 7.26. The molecule has 0 aliphatic heterocycles. The Balaban J connectivity index is 1.79. The first-order valence-electron chi connectivity index (χ1n) is 14.5. The molecule has 1 aliphatic rings. The molecule has 0 unspecified atom stereocenters. The summed E-state index contributed by atoms with van der Waals surface area (Å²) in [5, 5.41) is 2.24. The first-order valence-corrected chi connectivity index (χ1v) is 16.7. The van der Waals surface area contributed by atoms with Crippen LogP contribution in [0, 0.1) is 6.92 Å². The van der Waals surface area contributed by atoms with Gasteiger partial charge in [0.25, 0.3) is 0 Å². The van der Waals surface area contributed by atoms with Crippen LogP contribution in [0.3, 0.4) is 0 Å². The Kier molecular flexibility index (Phi) is 10.5. The number of fused-ring (bicyclic) bond motifs is 3. The number of rotatable bonds is 14. The third-order valence-electron chi connectivity index (χ3n) is 8.41. The summed E-state index contributed by atoms with van der Waals surface area (Å²) < 4.78 is 0. The summed E-state index contributed by atoms with van der Waals surface area (Å²) in [5.74, 6) is 0.549. The van der Waals surface area contributed by atoms with Crippen molar-refractivity contribution in [3.05, 3.63) is 82.9 Å². The maximum Gasteiger partial charge on any atom is 0.0215 e. The normalized spacial score (nSPS) is 13.7. The van der Waals surface area contributed by atoms with Crippen molar-refractivity contribution < 1.29 is 0 Å². The van der Waals surface area contributed by atoms with Crippen LogP contribution in [-0.4, -0.2) is 10.7 Å². The van der Waals surface area contributed by atoms with Crippen LogP contribution in [0.4, 0.5) is 0 Å². The van der Waals surface area contributed by atoms with E-state index in [1.54, 1.807) is 11.1 Å². The Morgan fingerprint density at radius 3 is 1.68 bits per heavy atom. The summed E-state index contributed by atoms with van der Waals surface area (Å²) in [7, 11) is 0. The number of unbranched alkanes of at least 4 members (excludes halogenated alkanes) is 6. The van der Waals surface area contributed by atoms with Gasteiger partial charge in [0, 0.05) is 16.1 Å². The minimum Gasteiger partial charge on any atom is -0.0928 e. The van der Waals surface area contributed by atoms with Gasteiger partial charge in [-0.05, 0) is 83.5 Å². The van der Waals surface area contributed by atoms with Crippen LogP contribution in [0.5, 0.6) is 0 Å². The van der Waals surface area contributed by atoms with E-state index in [-0.39, 0.29) is 5.41 Å². The number of aryl methyl sites for hydroxylation is 1. The highest BCUT2D eigenvalue weighted by Crippen LogP contribution is 2.55. The topological polar surface area (TPSA) is 0 Å². The summed E-state index contributed by atoms with van der Waals surface area (Å²) in [4.78, 5) is 0. The standard InChI is InChI=1S/C35H44Br2/c1-26(2)29-16-18-31-32-19-17-30(28-14-12-27(3)13-15-28)25-34(32)35(33(31)24-29,20-8-4-6-10-22-36)21-9-5-7-11-23-37/h12-19,24-26H,4-11,20-23H2,1-3H3. The quantitative estimate of drug-likeness (QED) is 0.124. The molecule has 198 valence electrons. The minimum atomic E-state index is 0.124. The van der Waals surface area contributed by atoms with Crippen molar-refractivity contribution in [2.75, 3.05) is 10.7 Å². The molecule has 0 saturated carbocycles. The van der Waals surface area contributed by atoms with Gasteiger partial charge in [0.05, 0.1) is 0 Å². The molecule has 37 heavy (non-hydrogen) atoms. The van der Waals surface area contributed by atoms with Gasteiger partial charge in [-0.25, -0.2) is 0 Å². The first-order chi connectivity index (χ1) is 18.0. The fourth-order valence-electron chi connectivity index (χ4n) is 6.21. The number of benzene rings is 3. The molecule has 0 fully saturated rings. The van der Waals surface area contributed by atoms with Crippen molar-refractivity contribution in [1.29, 1.82) is 0 Å². The highest BCUT2D eigenvalue weighted by Gasteiger charge is 2.42. The predicted molar refractivity (Wildman–Crippen MR) is 171 cm³/mol. The minimum absolute atomic E-state index is 0.124. The number of hydrogen-bond acceptors (Lipinski definition) is 0. The van der Waals surface area contributed by atoms with E-state index in [0.29, 0.717) is 5.92 Å². The third-order valence-corrected chi connectivity index (χ3v) is 9.53. The van der Waals surface area contributed by atoms with Gasteiger partial charge in [0.15, 0.2) is 0 Å². The van der Waals surface area contributed by atoms with E-state index >= 15 is 0 Å². The largest absolute Gasteiger partial charge is 0.0928 e. The van der Waals surface area contributed by atoms with Gasteiger partial charge in [-0.1, -0.05) is 144 Å². The molecule has 0 aromatic heterocycles. The average molecular weight is 625 g/mol. The van der Waals surface area contributed by atoms with Gasteiger partial charge in [-0.3, -0.25) is 0 Å². The smallest absolute Gasteiger partial charge is 0.0215 e. The summed E-state index contributed by atoms with van der Waals surface area (Å²) in [5.41, 5.74) is 11.8. The fraction of sp³-hybridized carbons (Fsp3) is 0.486. The van der Waals surface area contributed by atoms with Gasteiger partial charge in [-0.15, -0.1) is 0 Å². The lowest BCUT2D eigenvalue weighted by Gasteiger charge is -2.33. The highest BCUT2D eigenvalue weighted by atomic mass is 79.9. The second-order valence-corrected chi connectivity index (χ2v) is 13.0. The molecule has 0 saturated heterocycles. The monoisotopic (exact) mass is 622 g/mol. The van der Waals surface area contributed by atoms with Gasteiger partial charge in [0.2, 0.25) is 0 Å². The SMILES string of the molecule is Cc1ccc(-c2ccc3c(c2)C(CCCCCCBr)(CCCCCCBr)c2cc(C(C)C)ccc2-3)cc1. The lowest BCUT2D eigenvalue weighted by atomic mass is 9.70. The Hall–Kier alpha value is -1.38. The summed E-state index contributed by atoms with van der Waals surface area (Å²) in [6.45, 7) is 6.84. The average Bonchev–Trinajstić information content (AvgIpc) is 3.17. The van der Waals surface area contributed by atoms with Crippen LogP contribution in [0.25, 0.3) is 22.3 Å². The van der Waals surface area contributed by atoms with Crippen molar-refractivity contribution >= 4 is 31.9 Å². The lowest BCUT2D eigenvalue weighted by Crippen LogP contribution is -2.26. The van der Waals surface area contributed by atoms with E-state index in [1.807, 2.05) is 0 Å². The number of halogens is 2. The van der Waals surface area contributed by atoms with Gasteiger partial charge in [0.1, 0.15) is 0 Å². The molecular weight excluding hydrogens is 580 g/mol. The Morgan fingerprint density at radius 2 is 1.11 bits per heavy atom. The van der Waals surface area contributed by atoms with Crippen molar-refractivity contribution in [3.8, 4) is 22.3 Å². The van der Waals surface area contributed by atoms with Crippen molar-refractivity contribution in [1.82, 2.24) is 0 Å². The maximum atomic E-state index is 3.63. The predicted octanol–water partition coefficient (Wildman–Crippen LogP) is 11.7. The van der Waals surface area contributed by atoms with Crippen LogP contribution in [-0.2, 0) is 5.41 Å². The van der Waals surface area contributed by atoms with E-state index in [2.05, 4.69) is 113 Å². The molecule has 0 heterocycles. The zero-order valence-corrected chi connectivity index (χ0v) is 26.3. The second-order valence-electron chi connectivity index (χ2n) is 11.4. The zero-order valence-electron chi connectivity index (χ0n) is 23.1. The molecule has 3 aromatic rings. The Labute approximate surface area is 242 Å². The molecule has 3 aromatic carbocycles. The van der Waals surface area contributed by atoms with Crippen molar-refractivity contribution in [2.45, 2.75) is 96.3 Å². The Morgan fingerprint density at radius 1 is 0.595 bits per heavy atom. The fourth-order valence-corrected chi connectivity index (χ4v) is 7.00. The zero-order chi connectivity index (χ0) is 26.3. The molecule has 0 N–H and O–H groups in total. The molecular formula is C35H44Br2. The van der Waals surface area contributed by atoms with Crippen LogP contribution in [0.15, 0.2) is 60.7 Å². The molecule has 0 bridgehead atoms. The Bertz CT molecular complexity index is 1130. The van der Waals surface area contributed by atoms with Crippen LogP contribution in [0.2, 0.25) is 0 Å². The van der Waals surface area contributed by atoms with Crippen LogP contribution in [0.1, 0.15) is 106 Å². The van der Waals surface area contributed by atoms with Crippen molar-refractivity contribution in [2.24, 2.45) is 0 Å². The van der Waals surface area contributed by atoms with Gasteiger partial charge >= 0.3 is 0 Å². The number of hydrogen-bond donors (Lipinski definition) is 0. The molecule has 2 heteroatoms. The molecule has 0 atom stereocenters. The van der Waals surface area contributed by atoms with E-state index < -0.39 is 0 Å². The first kappa shape index (κ1) is 28.6. The van der Waals surface area contributed by atoms with E-state index in [1.165, 1.54) is 97.6 Å². The lowest BCUT2D eigenvalue weighted by molar-refractivity contribution is 0.401. The maximum absolute atomic E-state index is 3.63. The van der Waals surface area contributed by atoms with Gasteiger partial charge in [-0.2, -0.15) is 0 Å². The van der Waals surface area contributed by atoms with Crippen LogP contribution < -0.4 is 0 Å². The third kappa shape index (κ3) is 6.62. The molecule has 4 rings (SSSR count). The molecule has 0 radical (unpaired) electrons. The molecule has 0 spiro atoms. The van der Waals surface area contributed by atoms with Crippen LogP contribution >= 0.6 is 31.9 Å². The summed E-state index contributed by atoms with van der Waals surface area (Å²) in [6.07, 6.45) is 13.0. The van der Waals surface area contributed by atoms with Crippen molar-refractivity contribution in [3.63, 3.8) is 0 Å². The molecule has 0 amide bonds. The van der Waals surface area contributed by atoms with Gasteiger partial charge < -0.3 is 0 Å². The number of alkyl halides is 2. The second kappa shape index (κ2) is 13.6. The van der Waals surface area contributed by atoms with E-state index in [9.17, 15) is 0 Å². The van der Waals surface area contributed by atoms with E-state index in [0.717, 1.165) is 10.7 Å². The molecule has 1 aliphatic carbocycles.